The minimum atomic E-state index is 0.955. The van der Waals surface area contributed by atoms with Crippen molar-refractivity contribution in [2.45, 2.75) is 38.5 Å². The monoisotopic (exact) mass is 285 g/mol. The lowest BCUT2D eigenvalue weighted by Gasteiger charge is -2.35. The first kappa shape index (κ1) is 11.5. The lowest BCUT2D eigenvalue weighted by molar-refractivity contribution is 0.146. The van der Waals surface area contributed by atoms with E-state index in [1.54, 1.807) is 25.7 Å². The van der Waals surface area contributed by atoms with Gasteiger partial charge in [0.2, 0.25) is 0 Å². The molecule has 1 heterocycles. The smallest absolute Gasteiger partial charge is 0.00606 e. The summed E-state index contributed by atoms with van der Waals surface area (Å²) in [5.74, 6) is 4.25. The van der Waals surface area contributed by atoms with Gasteiger partial charge in [0.25, 0.3) is 0 Å². The summed E-state index contributed by atoms with van der Waals surface area (Å²) in [6, 6.07) is 0. The van der Waals surface area contributed by atoms with Crippen molar-refractivity contribution < 1.29 is 0 Å². The Labute approximate surface area is 108 Å². The van der Waals surface area contributed by atoms with E-state index >= 15 is 0 Å². The summed E-state index contributed by atoms with van der Waals surface area (Å²) in [5.41, 5.74) is 0. The van der Waals surface area contributed by atoms with Crippen LogP contribution in [0.25, 0.3) is 0 Å². The van der Waals surface area contributed by atoms with Gasteiger partial charge in [-0.3, -0.25) is 0 Å². The van der Waals surface area contributed by atoms with Gasteiger partial charge in [-0.25, -0.2) is 0 Å². The standard InChI is InChI=1S/C14H24BrN/c15-9-11-3-5-16(6-4-11)10-14-8-12-1-2-13(14)7-12/h11-14H,1-10H2. The van der Waals surface area contributed by atoms with E-state index in [0.29, 0.717) is 0 Å². The van der Waals surface area contributed by atoms with Crippen molar-refractivity contribution in [3.8, 4) is 0 Å². The Bertz CT molecular complexity index is 235. The van der Waals surface area contributed by atoms with E-state index in [0.717, 1.165) is 23.7 Å². The number of rotatable bonds is 3. The molecule has 92 valence electrons. The van der Waals surface area contributed by atoms with Gasteiger partial charge in [0.05, 0.1) is 0 Å². The molecule has 1 aliphatic heterocycles. The van der Waals surface area contributed by atoms with Crippen LogP contribution in [0.1, 0.15) is 38.5 Å². The van der Waals surface area contributed by atoms with Gasteiger partial charge in [-0.15, -0.1) is 0 Å². The van der Waals surface area contributed by atoms with Crippen molar-refractivity contribution in [1.82, 2.24) is 4.90 Å². The van der Waals surface area contributed by atoms with Crippen LogP contribution in [0.2, 0.25) is 0 Å². The second-order valence-electron chi connectivity index (χ2n) is 6.33. The number of alkyl halides is 1. The van der Waals surface area contributed by atoms with Gasteiger partial charge in [-0.2, -0.15) is 0 Å². The van der Waals surface area contributed by atoms with E-state index in [4.69, 9.17) is 0 Å². The molecule has 0 aromatic heterocycles. The minimum Gasteiger partial charge on any atom is -0.303 e. The number of hydrogen-bond acceptors (Lipinski definition) is 1. The Morgan fingerprint density at radius 1 is 1.00 bits per heavy atom. The quantitative estimate of drug-likeness (QED) is 0.717. The first-order valence-corrected chi connectivity index (χ1v) is 8.25. The molecule has 3 atom stereocenters. The first-order valence-electron chi connectivity index (χ1n) is 7.13. The highest BCUT2D eigenvalue weighted by molar-refractivity contribution is 9.09. The van der Waals surface area contributed by atoms with Gasteiger partial charge >= 0.3 is 0 Å². The number of piperidine rings is 1. The SMILES string of the molecule is BrCC1CCN(CC2CC3CCC2C3)CC1. The fraction of sp³-hybridized carbons (Fsp3) is 1.00. The molecule has 16 heavy (non-hydrogen) atoms. The third-order valence-electron chi connectivity index (χ3n) is 5.30. The Kier molecular flexibility index (Phi) is 3.58. The molecule has 1 saturated heterocycles. The number of halogens is 1. The summed E-state index contributed by atoms with van der Waals surface area (Å²) in [4.78, 5) is 2.75. The second-order valence-corrected chi connectivity index (χ2v) is 6.98. The predicted molar refractivity (Wildman–Crippen MR) is 71.9 cm³/mol. The van der Waals surface area contributed by atoms with E-state index in [1.165, 1.54) is 37.8 Å². The molecule has 2 bridgehead atoms. The summed E-state index contributed by atoms with van der Waals surface area (Å²) >= 11 is 3.63. The van der Waals surface area contributed by atoms with Crippen molar-refractivity contribution in [1.29, 1.82) is 0 Å². The molecular formula is C14H24BrN. The fourth-order valence-corrected chi connectivity index (χ4v) is 4.90. The lowest BCUT2D eigenvalue weighted by Crippen LogP contribution is -2.38. The Hall–Kier alpha value is 0.440. The molecule has 0 amide bonds. The van der Waals surface area contributed by atoms with Crippen LogP contribution in [0, 0.1) is 23.7 Å². The normalized spacial score (nSPS) is 40.7. The molecule has 3 aliphatic rings. The highest BCUT2D eigenvalue weighted by atomic mass is 79.9. The zero-order valence-electron chi connectivity index (χ0n) is 10.2. The van der Waals surface area contributed by atoms with Gasteiger partial charge in [-0.05, 0) is 68.9 Å². The van der Waals surface area contributed by atoms with Crippen molar-refractivity contribution in [3.05, 3.63) is 0 Å². The van der Waals surface area contributed by atoms with Gasteiger partial charge < -0.3 is 4.90 Å². The molecule has 3 unspecified atom stereocenters. The molecule has 2 heteroatoms. The van der Waals surface area contributed by atoms with E-state index in [2.05, 4.69) is 20.8 Å². The summed E-state index contributed by atoms with van der Waals surface area (Å²) in [6.45, 7) is 4.16. The maximum absolute atomic E-state index is 3.63. The maximum atomic E-state index is 3.63. The summed E-state index contributed by atoms with van der Waals surface area (Å²) in [6.07, 6.45) is 9.07. The van der Waals surface area contributed by atoms with Gasteiger partial charge in [0.15, 0.2) is 0 Å². The Balaban J connectivity index is 1.46. The zero-order valence-corrected chi connectivity index (χ0v) is 11.8. The van der Waals surface area contributed by atoms with E-state index in [-0.39, 0.29) is 0 Å². The molecular weight excluding hydrogens is 262 g/mol. The number of fused-ring (bicyclic) bond motifs is 2. The maximum Gasteiger partial charge on any atom is 0.00606 e. The van der Waals surface area contributed by atoms with E-state index in [1.807, 2.05) is 0 Å². The molecule has 1 nitrogen and oxygen atoms in total. The van der Waals surface area contributed by atoms with Crippen LogP contribution in [-0.2, 0) is 0 Å². The lowest BCUT2D eigenvalue weighted by atomic mass is 9.87. The fourth-order valence-electron chi connectivity index (χ4n) is 4.26. The van der Waals surface area contributed by atoms with Crippen LogP contribution in [0.5, 0.6) is 0 Å². The molecule has 0 N–H and O–H groups in total. The van der Waals surface area contributed by atoms with Gasteiger partial charge in [-0.1, -0.05) is 22.4 Å². The third kappa shape index (κ3) is 2.33. The molecule has 0 radical (unpaired) electrons. The summed E-state index contributed by atoms with van der Waals surface area (Å²) in [5, 5.41) is 1.22. The van der Waals surface area contributed by atoms with Crippen molar-refractivity contribution >= 4 is 15.9 Å². The van der Waals surface area contributed by atoms with E-state index < -0.39 is 0 Å². The predicted octanol–water partition coefficient (Wildman–Crippen LogP) is 3.53. The van der Waals surface area contributed by atoms with E-state index in [9.17, 15) is 0 Å². The topological polar surface area (TPSA) is 3.24 Å². The zero-order chi connectivity index (χ0) is 11.0. The molecule has 0 spiro atoms. The minimum absolute atomic E-state index is 0.955. The number of nitrogens with zero attached hydrogens (tertiary/aromatic N) is 1. The van der Waals surface area contributed by atoms with Crippen LogP contribution in [-0.4, -0.2) is 29.9 Å². The highest BCUT2D eigenvalue weighted by Gasteiger charge is 2.40. The van der Waals surface area contributed by atoms with Crippen LogP contribution in [0.4, 0.5) is 0 Å². The van der Waals surface area contributed by atoms with Crippen LogP contribution in [0.15, 0.2) is 0 Å². The molecule has 0 aromatic rings. The summed E-state index contributed by atoms with van der Waals surface area (Å²) < 4.78 is 0. The Morgan fingerprint density at radius 3 is 2.38 bits per heavy atom. The molecule has 3 rings (SSSR count). The number of likely N-dealkylation sites (tertiary alicyclic amines) is 1. The largest absolute Gasteiger partial charge is 0.303 e. The average Bonchev–Trinajstić information content (AvgIpc) is 2.92. The average molecular weight is 286 g/mol. The molecule has 2 aliphatic carbocycles. The van der Waals surface area contributed by atoms with Crippen LogP contribution in [0.3, 0.4) is 0 Å². The summed E-state index contributed by atoms with van der Waals surface area (Å²) in [7, 11) is 0. The molecule has 0 aromatic carbocycles. The third-order valence-corrected chi connectivity index (χ3v) is 6.22. The molecule has 2 saturated carbocycles. The van der Waals surface area contributed by atoms with Crippen molar-refractivity contribution in [2.75, 3.05) is 25.0 Å². The second kappa shape index (κ2) is 4.97. The van der Waals surface area contributed by atoms with Crippen molar-refractivity contribution in [3.63, 3.8) is 0 Å². The molecule has 3 fully saturated rings. The van der Waals surface area contributed by atoms with Crippen molar-refractivity contribution in [2.24, 2.45) is 23.7 Å². The number of hydrogen-bond donors (Lipinski definition) is 0. The van der Waals surface area contributed by atoms with Crippen LogP contribution < -0.4 is 0 Å². The highest BCUT2D eigenvalue weighted by Crippen LogP contribution is 2.48. The first-order chi connectivity index (χ1) is 7.85. The van der Waals surface area contributed by atoms with Crippen LogP contribution >= 0.6 is 15.9 Å². The Morgan fingerprint density at radius 2 is 1.81 bits per heavy atom. The van der Waals surface area contributed by atoms with Gasteiger partial charge in [0, 0.05) is 11.9 Å². The van der Waals surface area contributed by atoms with Gasteiger partial charge in [0.1, 0.15) is 0 Å².